The Bertz CT molecular complexity index is 954. The summed E-state index contributed by atoms with van der Waals surface area (Å²) in [5.41, 5.74) is 9.26. The van der Waals surface area contributed by atoms with E-state index in [-0.39, 0.29) is 31.0 Å². The van der Waals surface area contributed by atoms with Crippen molar-refractivity contribution in [2.75, 3.05) is 5.32 Å². The van der Waals surface area contributed by atoms with Crippen molar-refractivity contribution >= 4 is 29.3 Å². The highest BCUT2D eigenvalue weighted by Crippen LogP contribution is 2.20. The third-order valence-corrected chi connectivity index (χ3v) is 4.71. The van der Waals surface area contributed by atoms with Gasteiger partial charge in [-0.3, -0.25) is 19.8 Å². The van der Waals surface area contributed by atoms with Crippen LogP contribution in [0.1, 0.15) is 47.6 Å². The lowest BCUT2D eigenvalue weighted by Crippen LogP contribution is -2.31. The van der Waals surface area contributed by atoms with Crippen molar-refractivity contribution in [1.82, 2.24) is 5.32 Å². The predicted octanol–water partition coefficient (Wildman–Crippen LogP) is 2.64. The summed E-state index contributed by atoms with van der Waals surface area (Å²) in [6.45, 7) is 3.88. The van der Waals surface area contributed by atoms with Gasteiger partial charge < -0.3 is 21.5 Å². The van der Waals surface area contributed by atoms with Crippen LogP contribution < -0.4 is 16.4 Å². The van der Waals surface area contributed by atoms with Gasteiger partial charge in [-0.15, -0.1) is 0 Å². The Labute approximate surface area is 175 Å². The van der Waals surface area contributed by atoms with Gasteiger partial charge in [-0.25, -0.2) is 0 Å². The highest BCUT2D eigenvalue weighted by atomic mass is 16.4. The fourth-order valence-corrected chi connectivity index (χ4v) is 2.86. The Balaban J connectivity index is 1.92. The fourth-order valence-electron chi connectivity index (χ4n) is 2.86. The largest absolute Gasteiger partial charge is 0.481 e. The molecule has 0 bridgehead atoms. The summed E-state index contributed by atoms with van der Waals surface area (Å²) in [6, 6.07) is 11.4. The SMILES string of the molecule is Cc1ccc([C@H](CC(=O)O)NC(=O)CCC(=O)Nc2ccc(C(=N)N)cc2)cc1C. The van der Waals surface area contributed by atoms with E-state index < -0.39 is 17.9 Å². The lowest BCUT2D eigenvalue weighted by Gasteiger charge is -2.18. The number of amides is 2. The van der Waals surface area contributed by atoms with Crippen molar-refractivity contribution in [3.05, 3.63) is 64.7 Å². The van der Waals surface area contributed by atoms with Gasteiger partial charge >= 0.3 is 5.97 Å². The topological polar surface area (TPSA) is 145 Å². The molecule has 8 heteroatoms. The number of hydrogen-bond donors (Lipinski definition) is 5. The number of benzene rings is 2. The molecular formula is C22H26N4O4. The molecule has 2 aromatic rings. The van der Waals surface area contributed by atoms with Gasteiger partial charge in [0.15, 0.2) is 0 Å². The van der Waals surface area contributed by atoms with E-state index in [1.807, 2.05) is 26.0 Å². The molecule has 0 aliphatic rings. The average molecular weight is 410 g/mol. The fraction of sp³-hybridized carbons (Fsp3) is 0.273. The zero-order valence-electron chi connectivity index (χ0n) is 17.0. The van der Waals surface area contributed by atoms with Crippen LogP contribution in [-0.2, 0) is 14.4 Å². The van der Waals surface area contributed by atoms with Crippen molar-refractivity contribution in [1.29, 1.82) is 5.41 Å². The van der Waals surface area contributed by atoms with Gasteiger partial charge in [0.1, 0.15) is 5.84 Å². The molecule has 0 saturated heterocycles. The summed E-state index contributed by atoms with van der Waals surface area (Å²) >= 11 is 0. The van der Waals surface area contributed by atoms with Crippen LogP contribution in [0.25, 0.3) is 0 Å². The molecule has 0 unspecified atom stereocenters. The number of nitrogens with one attached hydrogen (secondary N) is 3. The van der Waals surface area contributed by atoms with Crippen LogP contribution in [0.3, 0.4) is 0 Å². The Morgan fingerprint density at radius 2 is 1.63 bits per heavy atom. The number of aliphatic carboxylic acids is 1. The summed E-state index contributed by atoms with van der Waals surface area (Å²) in [4.78, 5) is 35.6. The summed E-state index contributed by atoms with van der Waals surface area (Å²) < 4.78 is 0. The number of hydrogen-bond acceptors (Lipinski definition) is 4. The van der Waals surface area contributed by atoms with Crippen molar-refractivity contribution in [3.63, 3.8) is 0 Å². The highest BCUT2D eigenvalue weighted by Gasteiger charge is 2.19. The minimum Gasteiger partial charge on any atom is -0.481 e. The second-order valence-corrected chi connectivity index (χ2v) is 7.10. The Morgan fingerprint density at radius 3 is 2.20 bits per heavy atom. The second-order valence-electron chi connectivity index (χ2n) is 7.10. The average Bonchev–Trinajstić information content (AvgIpc) is 2.68. The molecule has 158 valence electrons. The number of carboxylic acids is 1. The molecule has 0 saturated carbocycles. The van der Waals surface area contributed by atoms with E-state index in [4.69, 9.17) is 11.1 Å². The van der Waals surface area contributed by atoms with Crippen LogP contribution in [0.15, 0.2) is 42.5 Å². The van der Waals surface area contributed by atoms with E-state index in [0.29, 0.717) is 16.8 Å². The zero-order chi connectivity index (χ0) is 22.3. The van der Waals surface area contributed by atoms with E-state index in [0.717, 1.165) is 11.1 Å². The van der Waals surface area contributed by atoms with Gasteiger partial charge in [0.2, 0.25) is 11.8 Å². The van der Waals surface area contributed by atoms with Crippen LogP contribution in [0.2, 0.25) is 0 Å². The number of nitrogens with two attached hydrogens (primary N) is 1. The monoisotopic (exact) mass is 410 g/mol. The molecule has 0 heterocycles. The lowest BCUT2D eigenvalue weighted by molar-refractivity contribution is -0.138. The number of rotatable bonds is 9. The van der Waals surface area contributed by atoms with Crippen molar-refractivity contribution in [2.45, 2.75) is 39.2 Å². The van der Waals surface area contributed by atoms with E-state index in [1.54, 1.807) is 30.3 Å². The molecular weight excluding hydrogens is 384 g/mol. The molecule has 0 fully saturated rings. The van der Waals surface area contributed by atoms with Gasteiger partial charge in [-0.05, 0) is 54.8 Å². The Morgan fingerprint density at radius 1 is 1.00 bits per heavy atom. The summed E-state index contributed by atoms with van der Waals surface area (Å²) in [6.07, 6.45) is -0.367. The number of amidine groups is 1. The number of aryl methyl sites for hydroxylation is 2. The minimum atomic E-state index is -1.02. The van der Waals surface area contributed by atoms with Gasteiger partial charge in [-0.2, -0.15) is 0 Å². The number of carbonyl (C=O) groups is 3. The molecule has 0 aliphatic heterocycles. The first-order chi connectivity index (χ1) is 14.2. The minimum absolute atomic E-state index is 0.0486. The first-order valence-corrected chi connectivity index (χ1v) is 9.48. The molecule has 2 rings (SSSR count). The number of nitrogen functional groups attached to an aromatic ring is 1. The highest BCUT2D eigenvalue weighted by molar-refractivity contribution is 5.96. The van der Waals surface area contributed by atoms with Crippen LogP contribution in [0, 0.1) is 19.3 Å². The quantitative estimate of drug-likeness (QED) is 0.319. The maximum Gasteiger partial charge on any atom is 0.305 e. The predicted molar refractivity (Wildman–Crippen MR) is 114 cm³/mol. The Kier molecular flexibility index (Phi) is 7.69. The molecule has 6 N–H and O–H groups in total. The van der Waals surface area contributed by atoms with Crippen LogP contribution in [0.4, 0.5) is 5.69 Å². The first-order valence-electron chi connectivity index (χ1n) is 9.48. The molecule has 0 aromatic heterocycles. The molecule has 8 nitrogen and oxygen atoms in total. The van der Waals surface area contributed by atoms with Crippen LogP contribution >= 0.6 is 0 Å². The van der Waals surface area contributed by atoms with Crippen molar-refractivity contribution in [2.24, 2.45) is 5.73 Å². The van der Waals surface area contributed by atoms with Gasteiger partial charge in [-0.1, -0.05) is 18.2 Å². The molecule has 1 atom stereocenters. The number of carbonyl (C=O) groups excluding carboxylic acids is 2. The van der Waals surface area contributed by atoms with Gasteiger partial charge in [0, 0.05) is 24.1 Å². The Hall–Kier alpha value is -3.68. The van der Waals surface area contributed by atoms with E-state index >= 15 is 0 Å². The molecule has 0 radical (unpaired) electrons. The van der Waals surface area contributed by atoms with Crippen LogP contribution in [-0.4, -0.2) is 28.7 Å². The maximum atomic E-state index is 12.3. The molecule has 30 heavy (non-hydrogen) atoms. The normalized spacial score (nSPS) is 11.4. The summed E-state index contributed by atoms with van der Waals surface area (Å²) in [7, 11) is 0. The summed E-state index contributed by atoms with van der Waals surface area (Å²) in [5, 5.41) is 21.9. The molecule has 0 aliphatic carbocycles. The molecule has 2 aromatic carbocycles. The van der Waals surface area contributed by atoms with E-state index in [1.165, 1.54) is 0 Å². The summed E-state index contributed by atoms with van der Waals surface area (Å²) in [5.74, 6) is -1.84. The van der Waals surface area contributed by atoms with Crippen LogP contribution in [0.5, 0.6) is 0 Å². The third kappa shape index (κ3) is 6.73. The van der Waals surface area contributed by atoms with Gasteiger partial charge in [0.25, 0.3) is 0 Å². The number of anilines is 1. The number of carboxylic acid groups (broad SMARTS) is 1. The van der Waals surface area contributed by atoms with E-state index in [9.17, 15) is 19.5 Å². The molecule has 0 spiro atoms. The lowest BCUT2D eigenvalue weighted by atomic mass is 9.98. The van der Waals surface area contributed by atoms with Gasteiger partial charge in [0.05, 0.1) is 12.5 Å². The first kappa shape index (κ1) is 22.6. The van der Waals surface area contributed by atoms with Crippen molar-refractivity contribution < 1.29 is 19.5 Å². The zero-order valence-corrected chi connectivity index (χ0v) is 17.0. The third-order valence-electron chi connectivity index (χ3n) is 4.71. The molecule has 2 amide bonds. The van der Waals surface area contributed by atoms with E-state index in [2.05, 4.69) is 10.6 Å². The van der Waals surface area contributed by atoms with Crippen molar-refractivity contribution in [3.8, 4) is 0 Å². The standard InChI is InChI=1S/C22H26N4O4/c1-13-3-4-16(11-14(13)2)18(12-21(29)30)26-20(28)10-9-19(27)25-17-7-5-15(6-8-17)22(23)24/h3-8,11,18H,9-10,12H2,1-2H3,(H3,23,24)(H,25,27)(H,26,28)(H,29,30)/t18-/m0/s1. The maximum absolute atomic E-state index is 12.3. The second kappa shape index (κ2) is 10.2. The smallest absolute Gasteiger partial charge is 0.305 e.